The van der Waals surface area contributed by atoms with Crippen molar-refractivity contribution in [3.8, 4) is 5.75 Å². The molecular formula is C6H11Cl2O4P. The van der Waals surface area contributed by atoms with Crippen LogP contribution in [0.2, 0.25) is 0 Å². The van der Waals surface area contributed by atoms with Crippen LogP contribution in [0.1, 0.15) is 0 Å². The molecule has 0 heterocycles. The van der Waals surface area contributed by atoms with Crippen molar-refractivity contribution in [1.82, 2.24) is 0 Å². The van der Waals surface area contributed by atoms with E-state index in [-0.39, 0.29) is 30.6 Å². The van der Waals surface area contributed by atoms with Crippen LogP contribution in [0.25, 0.3) is 0 Å². The first-order chi connectivity index (χ1) is 5.08. The van der Waals surface area contributed by atoms with E-state index in [1.165, 1.54) is 12.1 Å². The third kappa shape index (κ3) is 7.02. The van der Waals surface area contributed by atoms with Crippen LogP contribution in [0.15, 0.2) is 30.3 Å². The van der Waals surface area contributed by atoms with E-state index in [9.17, 15) is 0 Å². The van der Waals surface area contributed by atoms with Crippen LogP contribution in [0.5, 0.6) is 5.75 Å². The summed E-state index contributed by atoms with van der Waals surface area (Å²) >= 11 is 0. The van der Waals surface area contributed by atoms with Gasteiger partial charge in [0.25, 0.3) is 0 Å². The summed E-state index contributed by atoms with van der Waals surface area (Å²) in [5.41, 5.74) is 0. The van der Waals surface area contributed by atoms with Crippen molar-refractivity contribution in [3.63, 3.8) is 0 Å². The first-order valence-electron chi connectivity index (χ1n) is 2.99. The summed E-state index contributed by atoms with van der Waals surface area (Å²) in [4.78, 5) is 25.5. The Kier molecular flexibility index (Phi) is 7.55. The normalized spacial score (nSPS) is 10.7. The number of para-hydroxylation sites is 1. The molecule has 0 aliphatic carbocycles. The predicted molar refractivity (Wildman–Crippen MR) is 56.5 cm³/mol. The van der Waals surface area contributed by atoms with E-state index >= 15 is 0 Å². The monoisotopic (exact) mass is 248 g/mol. The topological polar surface area (TPSA) is 69.9 Å². The van der Waals surface area contributed by atoms with Crippen molar-refractivity contribution in [2.45, 2.75) is 0 Å². The number of hydrogen-bond acceptors (Lipinski definition) is 4. The van der Waals surface area contributed by atoms with Gasteiger partial charge in [-0.25, -0.2) is 0 Å². The molecule has 0 aromatic heterocycles. The van der Waals surface area contributed by atoms with E-state index < -0.39 is 8.17 Å². The predicted octanol–water partition coefficient (Wildman–Crippen LogP) is 1.30. The van der Waals surface area contributed by atoms with Gasteiger partial charge in [-0.2, -0.15) is 0 Å². The maximum atomic E-state index is 8.50. The van der Waals surface area contributed by atoms with Crippen molar-refractivity contribution in [2.24, 2.45) is 0 Å². The molecule has 78 valence electrons. The first kappa shape index (κ1) is 15.4. The zero-order chi connectivity index (χ0) is 8.32. The summed E-state index contributed by atoms with van der Waals surface area (Å²) in [5.74, 6) is 0.242. The van der Waals surface area contributed by atoms with Gasteiger partial charge in [0.15, 0.2) is 0 Å². The van der Waals surface area contributed by atoms with Crippen molar-refractivity contribution < 1.29 is 19.2 Å². The fraction of sp³-hybridized carbons (Fsp3) is 0. The standard InChI is InChI=1S/C6H9O4P.2ClH/c7-11(8,9)10-6-4-2-1-3-5-6;;/h1-5,7-9,11H;2*1H. The van der Waals surface area contributed by atoms with E-state index in [2.05, 4.69) is 4.52 Å². The molecule has 7 heteroatoms. The molecule has 13 heavy (non-hydrogen) atoms. The van der Waals surface area contributed by atoms with Gasteiger partial charge in [0, 0.05) is 0 Å². The summed E-state index contributed by atoms with van der Waals surface area (Å²) in [6, 6.07) is 8.11. The number of halogens is 2. The molecule has 0 aliphatic heterocycles. The molecule has 1 aromatic rings. The van der Waals surface area contributed by atoms with Gasteiger partial charge in [-0.3, -0.25) is 0 Å². The Balaban J connectivity index is 0. The Labute approximate surface area is 88.7 Å². The Morgan fingerprint density at radius 1 is 0.923 bits per heavy atom. The molecule has 0 bridgehead atoms. The molecule has 0 saturated heterocycles. The molecule has 1 aromatic carbocycles. The summed E-state index contributed by atoms with van der Waals surface area (Å²) < 4.78 is 4.41. The fourth-order valence-corrected chi connectivity index (χ4v) is 1.10. The second kappa shape index (κ2) is 6.38. The van der Waals surface area contributed by atoms with Crippen molar-refractivity contribution in [1.29, 1.82) is 0 Å². The molecule has 0 atom stereocenters. The SMILES string of the molecule is Cl.Cl.O[PH](O)(O)Oc1ccccc1. The number of hydrogen-bond donors (Lipinski definition) is 3. The zero-order valence-electron chi connectivity index (χ0n) is 6.45. The molecule has 0 amide bonds. The van der Waals surface area contributed by atoms with Crippen LogP contribution in [-0.2, 0) is 0 Å². The van der Waals surface area contributed by atoms with Crippen molar-refractivity contribution in [2.75, 3.05) is 0 Å². The van der Waals surface area contributed by atoms with Crippen LogP contribution in [0.4, 0.5) is 0 Å². The second-order valence-corrected chi connectivity index (χ2v) is 3.34. The number of rotatable bonds is 2. The molecular weight excluding hydrogens is 238 g/mol. The molecule has 0 spiro atoms. The molecule has 0 radical (unpaired) electrons. The van der Waals surface area contributed by atoms with Crippen LogP contribution in [0.3, 0.4) is 0 Å². The third-order valence-electron chi connectivity index (χ3n) is 0.998. The van der Waals surface area contributed by atoms with Gasteiger partial charge < -0.3 is 0 Å². The maximum absolute atomic E-state index is 8.50. The average Bonchev–Trinajstić information content (AvgIpc) is 1.85. The van der Waals surface area contributed by atoms with Gasteiger partial charge in [0.2, 0.25) is 0 Å². The Morgan fingerprint density at radius 3 is 1.77 bits per heavy atom. The molecule has 1 rings (SSSR count). The van der Waals surface area contributed by atoms with Crippen molar-refractivity contribution in [3.05, 3.63) is 30.3 Å². The minimum absolute atomic E-state index is 0. The number of benzene rings is 1. The zero-order valence-corrected chi connectivity index (χ0v) is 9.09. The minimum atomic E-state index is -4.40. The third-order valence-corrected chi connectivity index (χ3v) is 1.51. The van der Waals surface area contributed by atoms with Crippen molar-refractivity contribution >= 4 is 33.0 Å². The fourth-order valence-electron chi connectivity index (χ4n) is 0.647. The van der Waals surface area contributed by atoms with E-state index in [4.69, 9.17) is 14.7 Å². The molecule has 3 N–H and O–H groups in total. The molecule has 0 unspecified atom stereocenters. The van der Waals surface area contributed by atoms with E-state index in [1.807, 2.05) is 0 Å². The van der Waals surface area contributed by atoms with Crippen LogP contribution < -0.4 is 4.52 Å². The van der Waals surface area contributed by atoms with E-state index in [1.54, 1.807) is 18.2 Å². The molecule has 4 nitrogen and oxygen atoms in total. The summed E-state index contributed by atoms with van der Waals surface area (Å²) in [6.07, 6.45) is 0. The quantitative estimate of drug-likeness (QED) is 0.691. The summed E-state index contributed by atoms with van der Waals surface area (Å²) in [6.45, 7) is 0. The van der Waals surface area contributed by atoms with Crippen LogP contribution in [-0.4, -0.2) is 14.7 Å². The van der Waals surface area contributed by atoms with Gasteiger partial charge in [0.1, 0.15) is 0 Å². The van der Waals surface area contributed by atoms with Gasteiger partial charge in [0.05, 0.1) is 0 Å². The van der Waals surface area contributed by atoms with Crippen LogP contribution in [0, 0.1) is 0 Å². The summed E-state index contributed by atoms with van der Waals surface area (Å²) in [7, 11) is -4.40. The van der Waals surface area contributed by atoms with Gasteiger partial charge in [-0.1, -0.05) is 0 Å². The summed E-state index contributed by atoms with van der Waals surface area (Å²) in [5, 5.41) is 0. The Bertz CT molecular complexity index is 226. The Hall–Kier alpha value is -0.0900. The Morgan fingerprint density at radius 2 is 1.38 bits per heavy atom. The van der Waals surface area contributed by atoms with E-state index in [0.717, 1.165) is 0 Å². The average molecular weight is 249 g/mol. The van der Waals surface area contributed by atoms with Gasteiger partial charge in [-0.05, 0) is 0 Å². The van der Waals surface area contributed by atoms with E-state index in [0.29, 0.717) is 0 Å². The van der Waals surface area contributed by atoms with Gasteiger partial charge in [-0.15, -0.1) is 24.8 Å². The van der Waals surface area contributed by atoms with Gasteiger partial charge >= 0.3 is 63.5 Å². The van der Waals surface area contributed by atoms with Crippen LogP contribution >= 0.6 is 33.0 Å². The first-order valence-corrected chi connectivity index (χ1v) is 4.74. The molecule has 0 saturated carbocycles. The molecule has 0 aliphatic rings. The molecule has 0 fully saturated rings. The second-order valence-electron chi connectivity index (χ2n) is 1.99.